The average molecular weight is 302 g/mol. The van der Waals surface area contributed by atoms with Crippen molar-refractivity contribution < 1.29 is 19.0 Å². The number of hydrogen-bond acceptors (Lipinski definition) is 6. The average Bonchev–Trinajstić information content (AvgIpc) is 2.88. The molecule has 2 atom stereocenters. The van der Waals surface area contributed by atoms with E-state index in [4.69, 9.17) is 19.9 Å². The molecule has 2 unspecified atom stereocenters. The van der Waals surface area contributed by atoms with Crippen molar-refractivity contribution in [3.63, 3.8) is 0 Å². The van der Waals surface area contributed by atoms with E-state index in [-0.39, 0.29) is 11.9 Å². The highest BCUT2D eigenvalue weighted by molar-refractivity contribution is 5.81. The van der Waals surface area contributed by atoms with E-state index in [2.05, 4.69) is 4.90 Å². The smallest absolute Gasteiger partial charge is 0.326 e. The fourth-order valence-electron chi connectivity index (χ4n) is 3.08. The van der Waals surface area contributed by atoms with Crippen LogP contribution in [0, 0.1) is 5.92 Å². The van der Waals surface area contributed by atoms with E-state index in [0.29, 0.717) is 13.2 Å². The predicted octanol–water partition coefficient (Wildman–Crippen LogP) is 0.642. The summed E-state index contributed by atoms with van der Waals surface area (Å²) >= 11 is 0. The van der Waals surface area contributed by atoms with Crippen LogP contribution in [0.15, 0.2) is 0 Å². The molecule has 124 valence electrons. The molecule has 0 radical (unpaired) electrons. The fraction of sp³-hybridized carbons (Fsp3) is 0.933. The lowest BCUT2D eigenvalue weighted by atomic mass is 9.85. The van der Waals surface area contributed by atoms with Gasteiger partial charge in [0.05, 0.1) is 20.3 Å². The van der Waals surface area contributed by atoms with Gasteiger partial charge in [-0.25, -0.2) is 0 Å². The molecule has 0 aromatic rings. The summed E-state index contributed by atoms with van der Waals surface area (Å²) in [5.74, 6) is -0.0807. The van der Waals surface area contributed by atoms with Gasteiger partial charge in [-0.1, -0.05) is 6.42 Å². The standard InChI is InChI=1S/C15H30N2O4/c1-19-11-9-17(10-12-20-2)8-6-13-5-4-7-15(13,16)14(18)21-3/h13H,4-12,16H2,1-3H3. The number of esters is 1. The lowest BCUT2D eigenvalue weighted by molar-refractivity contribution is -0.148. The van der Waals surface area contributed by atoms with Crippen LogP contribution >= 0.6 is 0 Å². The second kappa shape index (κ2) is 9.35. The molecule has 2 N–H and O–H groups in total. The van der Waals surface area contributed by atoms with Crippen LogP contribution in [0.5, 0.6) is 0 Å². The Morgan fingerprint density at radius 1 is 1.19 bits per heavy atom. The van der Waals surface area contributed by atoms with Gasteiger partial charge >= 0.3 is 5.97 Å². The molecule has 21 heavy (non-hydrogen) atoms. The molecule has 0 spiro atoms. The van der Waals surface area contributed by atoms with Crippen LogP contribution in [0.4, 0.5) is 0 Å². The van der Waals surface area contributed by atoms with E-state index in [1.807, 2.05) is 0 Å². The van der Waals surface area contributed by atoms with Crippen LogP contribution in [-0.2, 0) is 19.0 Å². The maximum Gasteiger partial charge on any atom is 0.326 e. The first kappa shape index (κ1) is 18.4. The molecule has 1 aliphatic rings. The van der Waals surface area contributed by atoms with Crippen molar-refractivity contribution in [1.82, 2.24) is 4.90 Å². The van der Waals surface area contributed by atoms with E-state index >= 15 is 0 Å². The maximum absolute atomic E-state index is 11.9. The number of carbonyl (C=O) groups excluding carboxylic acids is 1. The highest BCUT2D eigenvalue weighted by Crippen LogP contribution is 2.37. The minimum atomic E-state index is -0.803. The van der Waals surface area contributed by atoms with E-state index in [1.54, 1.807) is 14.2 Å². The van der Waals surface area contributed by atoms with Crippen LogP contribution in [0.1, 0.15) is 25.7 Å². The normalized spacial score (nSPS) is 25.5. The first-order valence-corrected chi connectivity index (χ1v) is 7.66. The monoisotopic (exact) mass is 302 g/mol. The third-order valence-corrected chi connectivity index (χ3v) is 4.45. The largest absolute Gasteiger partial charge is 0.468 e. The van der Waals surface area contributed by atoms with Crippen molar-refractivity contribution in [2.45, 2.75) is 31.2 Å². The molecule has 0 saturated heterocycles. The summed E-state index contributed by atoms with van der Waals surface area (Å²) in [6, 6.07) is 0. The summed E-state index contributed by atoms with van der Waals surface area (Å²) < 4.78 is 15.2. The first-order valence-electron chi connectivity index (χ1n) is 7.66. The molecule has 0 aliphatic heterocycles. The lowest BCUT2D eigenvalue weighted by Gasteiger charge is -2.30. The molecule has 1 fully saturated rings. The number of nitrogens with two attached hydrogens (primary N) is 1. The molecule has 0 bridgehead atoms. The van der Waals surface area contributed by atoms with Gasteiger partial charge in [-0.15, -0.1) is 0 Å². The number of rotatable bonds is 10. The molecule has 0 aromatic heterocycles. The summed E-state index contributed by atoms with van der Waals surface area (Å²) in [5, 5.41) is 0. The SMILES string of the molecule is COCCN(CCOC)CCC1CCCC1(N)C(=O)OC. The molecule has 1 saturated carbocycles. The molecule has 0 aromatic carbocycles. The molecular weight excluding hydrogens is 272 g/mol. The van der Waals surface area contributed by atoms with Gasteiger partial charge in [0, 0.05) is 27.3 Å². The van der Waals surface area contributed by atoms with E-state index in [1.165, 1.54) is 7.11 Å². The minimum absolute atomic E-state index is 0.192. The molecule has 1 aliphatic carbocycles. The van der Waals surface area contributed by atoms with Gasteiger partial charge in [-0.05, 0) is 31.7 Å². The quantitative estimate of drug-likeness (QED) is 0.597. The molecule has 0 heterocycles. The van der Waals surface area contributed by atoms with E-state index < -0.39 is 5.54 Å². The molecular formula is C15H30N2O4. The molecule has 6 heteroatoms. The van der Waals surface area contributed by atoms with Crippen LogP contribution in [0.3, 0.4) is 0 Å². The van der Waals surface area contributed by atoms with Gasteiger partial charge in [-0.3, -0.25) is 9.69 Å². The summed E-state index contributed by atoms with van der Waals surface area (Å²) in [4.78, 5) is 14.2. The number of carbonyl (C=O) groups is 1. The summed E-state index contributed by atoms with van der Waals surface area (Å²) in [5.41, 5.74) is 5.50. The van der Waals surface area contributed by atoms with Gasteiger partial charge in [0.1, 0.15) is 5.54 Å². The molecule has 6 nitrogen and oxygen atoms in total. The zero-order valence-electron chi connectivity index (χ0n) is 13.6. The minimum Gasteiger partial charge on any atom is -0.468 e. The zero-order chi connectivity index (χ0) is 15.7. The van der Waals surface area contributed by atoms with Gasteiger partial charge in [0.2, 0.25) is 0 Å². The Kier molecular flexibility index (Phi) is 8.18. The van der Waals surface area contributed by atoms with Crippen LogP contribution < -0.4 is 5.73 Å². The number of methoxy groups -OCH3 is 3. The highest BCUT2D eigenvalue weighted by Gasteiger charge is 2.46. The molecule has 0 amide bonds. The van der Waals surface area contributed by atoms with Crippen LogP contribution in [0.25, 0.3) is 0 Å². The summed E-state index contributed by atoms with van der Waals surface area (Å²) in [7, 11) is 4.82. The van der Waals surface area contributed by atoms with E-state index in [9.17, 15) is 4.79 Å². The van der Waals surface area contributed by atoms with Crippen LogP contribution in [0.2, 0.25) is 0 Å². The number of hydrogen-bond donors (Lipinski definition) is 1. The van der Waals surface area contributed by atoms with Gasteiger partial charge in [0.25, 0.3) is 0 Å². The Hall–Kier alpha value is -0.690. The third kappa shape index (κ3) is 5.21. The predicted molar refractivity (Wildman–Crippen MR) is 81.1 cm³/mol. The third-order valence-electron chi connectivity index (χ3n) is 4.45. The topological polar surface area (TPSA) is 74.0 Å². The van der Waals surface area contributed by atoms with Gasteiger partial charge < -0.3 is 19.9 Å². The Morgan fingerprint density at radius 3 is 2.33 bits per heavy atom. The second-order valence-electron chi connectivity index (χ2n) is 5.74. The van der Waals surface area contributed by atoms with Crippen molar-refractivity contribution in [3.8, 4) is 0 Å². The van der Waals surface area contributed by atoms with Gasteiger partial charge in [0.15, 0.2) is 0 Å². The van der Waals surface area contributed by atoms with E-state index in [0.717, 1.165) is 45.3 Å². The van der Waals surface area contributed by atoms with Crippen molar-refractivity contribution in [3.05, 3.63) is 0 Å². The summed E-state index contributed by atoms with van der Waals surface area (Å²) in [6.07, 6.45) is 3.61. The van der Waals surface area contributed by atoms with Crippen molar-refractivity contribution in [2.75, 3.05) is 54.2 Å². The Morgan fingerprint density at radius 2 is 1.81 bits per heavy atom. The van der Waals surface area contributed by atoms with Crippen molar-refractivity contribution >= 4 is 5.97 Å². The Labute approximate surface area is 127 Å². The fourth-order valence-corrected chi connectivity index (χ4v) is 3.08. The van der Waals surface area contributed by atoms with Crippen molar-refractivity contribution in [2.24, 2.45) is 11.7 Å². The number of ether oxygens (including phenoxy) is 3. The number of nitrogens with zero attached hydrogens (tertiary/aromatic N) is 1. The highest BCUT2D eigenvalue weighted by atomic mass is 16.5. The van der Waals surface area contributed by atoms with Crippen molar-refractivity contribution in [1.29, 1.82) is 0 Å². The molecule has 1 rings (SSSR count). The first-order chi connectivity index (χ1) is 10.1. The zero-order valence-corrected chi connectivity index (χ0v) is 13.6. The Bertz CT molecular complexity index is 306. The van der Waals surface area contributed by atoms with Crippen LogP contribution in [-0.4, -0.2) is 70.6 Å². The second-order valence-corrected chi connectivity index (χ2v) is 5.74. The Balaban J connectivity index is 2.51. The summed E-state index contributed by atoms with van der Waals surface area (Å²) in [6.45, 7) is 4.01. The van der Waals surface area contributed by atoms with Gasteiger partial charge in [-0.2, -0.15) is 0 Å². The maximum atomic E-state index is 11.9. The lowest BCUT2D eigenvalue weighted by Crippen LogP contribution is -2.52.